The predicted octanol–water partition coefficient (Wildman–Crippen LogP) is 27.8. The van der Waals surface area contributed by atoms with Gasteiger partial charge in [0.15, 0.2) is 0 Å². The van der Waals surface area contributed by atoms with Gasteiger partial charge in [-0.3, -0.25) is 0 Å². The van der Waals surface area contributed by atoms with Crippen LogP contribution >= 0.6 is 0 Å². The molecule has 0 aromatic carbocycles. The minimum absolute atomic E-state index is 0. The minimum Gasteiger partial charge on any atom is -0.358 e. The zero-order valence-corrected chi connectivity index (χ0v) is 74.6. The Balaban J connectivity index is -0.000000133. The van der Waals surface area contributed by atoms with E-state index in [1.54, 1.807) is 0 Å². The van der Waals surface area contributed by atoms with E-state index in [-0.39, 0.29) is 74.0 Å². The van der Waals surface area contributed by atoms with Crippen molar-refractivity contribution in [3.8, 4) is 0 Å². The molecule has 0 spiro atoms. The van der Waals surface area contributed by atoms with Crippen LogP contribution in [0.1, 0.15) is 348 Å². The molecule has 0 N–H and O–H groups in total. The molecule has 0 aromatic rings. The van der Waals surface area contributed by atoms with Gasteiger partial charge in [-0.1, -0.05) is 157 Å². The Hall–Kier alpha value is 0.873. The van der Waals surface area contributed by atoms with E-state index < -0.39 is 69.9 Å². The van der Waals surface area contributed by atoms with E-state index in [0.29, 0.717) is 0 Å². The van der Waals surface area contributed by atoms with Gasteiger partial charge in [-0.15, -0.1) is 0 Å². The van der Waals surface area contributed by atoms with Gasteiger partial charge < -0.3 is 29.7 Å². The molecule has 0 amide bonds. The molecule has 4 fully saturated rings. The van der Waals surface area contributed by atoms with Gasteiger partial charge in [0, 0.05) is 0 Å². The van der Waals surface area contributed by atoms with Gasteiger partial charge in [0.2, 0.25) is 0 Å². The fraction of sp³-hybridized carbons (Fsp3) is 0.942. The van der Waals surface area contributed by atoms with Crippen molar-refractivity contribution in [1.29, 1.82) is 0 Å². The normalized spacial score (nSPS) is 17.2. The third-order valence-corrected chi connectivity index (χ3v) is 33.7. The molecule has 0 saturated heterocycles. The zero-order valence-electron chi connectivity index (χ0n) is 62.9. The summed E-state index contributed by atoms with van der Waals surface area (Å²) in [6, 6.07) is 0. The fourth-order valence-corrected chi connectivity index (χ4v) is 22.7. The van der Waals surface area contributed by atoms with E-state index in [1.807, 2.05) is 166 Å². The van der Waals surface area contributed by atoms with Gasteiger partial charge >= 0.3 is 347 Å². The van der Waals surface area contributed by atoms with Gasteiger partial charge in [0.25, 0.3) is 0 Å². The number of rotatable bonds is 12. The van der Waals surface area contributed by atoms with Crippen LogP contribution in [0.4, 0.5) is 12.6 Å². The smallest absolute Gasteiger partial charge is 0.0414 e. The molecule has 0 atom stereocenters. The molecule has 0 heterocycles. The van der Waals surface area contributed by atoms with Gasteiger partial charge in [0.1, 0.15) is 0 Å². The summed E-state index contributed by atoms with van der Waals surface area (Å²) in [6.45, 7) is 58.4. The molecule has 0 aromatic heterocycles. The first-order valence-corrected chi connectivity index (χ1v) is 47.1. The monoisotopic (exact) mass is 1900 g/mol. The topological polar surface area (TPSA) is 98.9 Å². The van der Waals surface area contributed by atoms with Crippen LogP contribution < -0.4 is 0 Å². The van der Waals surface area contributed by atoms with Crippen LogP contribution in [0.25, 0.3) is 0 Å². The van der Waals surface area contributed by atoms with Gasteiger partial charge in [-0.25, -0.2) is 0 Å². The number of hydrogen-bond donors (Lipinski definition) is 0. The van der Waals surface area contributed by atoms with E-state index in [2.05, 4.69) is 62.6 Å². The maximum absolute atomic E-state index is 13.4. The second kappa shape index (κ2) is 52.3. The molecule has 522 valence electrons. The Labute approximate surface area is 557 Å². The molecular weight excluding hydrogens is 1750 g/mol. The minimum atomic E-state index is -3.25. The van der Waals surface area contributed by atoms with Crippen molar-refractivity contribution >= 4 is 0 Å². The summed E-state index contributed by atoms with van der Waals surface area (Å²) in [5.41, 5.74) is -1.97. The summed E-state index contributed by atoms with van der Waals surface area (Å²) in [7, 11) is 0. The standard InChI is InChI=1S/2C8H16.C7H14.C6H12.4C5H11N.4C4H9N.4CH3.4FH.4W/c1-7(2)8-5-3-4-6-8;1-2-5-8-6-3-4-7-8;1-2-7-5-3-4-6-7;1-6-4-2-3-5-6;4*1-4-5(2,3)6;4*1-4(2,3)5;;;;;;;;;;;;/h7-8H,3-6H2,1-2H3;8H,2-7H2,1H3;7H,2-6H2,1H3;6H,2-5H2,1H3;4*4H2,1-3H3;4*1-3H3;4*1H3;4*1H;;;;/q;;;;;;;;;;;;4*-1;;;;;4*+1/p-4. The number of hydrogen-bond acceptors (Lipinski definition) is 8. The van der Waals surface area contributed by atoms with E-state index in [4.69, 9.17) is 0 Å². The molecule has 0 bridgehead atoms. The average molecular weight is 1900 g/mol. The van der Waals surface area contributed by atoms with Crippen LogP contribution in [-0.2, 0) is 69.9 Å². The first-order valence-electron chi connectivity index (χ1n) is 32.2. The van der Waals surface area contributed by atoms with Crippen molar-refractivity contribution in [2.75, 3.05) is 0 Å². The van der Waals surface area contributed by atoms with Crippen molar-refractivity contribution in [3.63, 3.8) is 0 Å². The molecule has 85 heavy (non-hydrogen) atoms. The number of halogens is 4. The first-order chi connectivity index (χ1) is 36.7. The summed E-state index contributed by atoms with van der Waals surface area (Å²) < 4.78 is 86.9. The Morgan fingerprint density at radius 1 is 0.341 bits per heavy atom. The average Bonchev–Trinajstić information content (AvgIpc) is 4.15. The Morgan fingerprint density at radius 3 is 0.694 bits per heavy atom. The first kappa shape index (κ1) is 102. The van der Waals surface area contributed by atoms with Crippen molar-refractivity contribution in [2.45, 2.75) is 393 Å². The largest absolute Gasteiger partial charge is 0.358 e. The molecule has 4 rings (SSSR count). The summed E-state index contributed by atoms with van der Waals surface area (Å²) >= 11 is -13.0. The van der Waals surface area contributed by atoms with Gasteiger partial charge in [-0.05, 0) is 29.6 Å². The molecule has 4 saturated carbocycles. The van der Waals surface area contributed by atoms with Gasteiger partial charge in [0.05, 0.1) is 0 Å². The van der Waals surface area contributed by atoms with E-state index in [1.165, 1.54) is 122 Å². The molecular formula is C69H150F4N8W4-4. The summed E-state index contributed by atoms with van der Waals surface area (Å²) in [5.74, 6) is 5.26. The van der Waals surface area contributed by atoms with E-state index >= 15 is 0 Å². The SMILES string of the molecule is CC(C)C1CCCC1.CC1CCCC1.CCC(C)(C)[N]=[W]([F])=[N]C(C)(C)C.CCC(C)(C)[N]=[W]([F])=[N]C(C)(C)C.CCC(C)(C)[N]=[W]([F])=[N]C(C)(C)C.CCC(C)(C)[N]=[W]([F])=[N]C(C)(C)C.CCC1CCCC1.CCCC1CCCC1.[CH3-].[CH3-].[CH3-].[CH3-]. The maximum atomic E-state index is 13.4. The fourth-order valence-electron chi connectivity index (χ4n) is 7.94. The second-order valence-electron chi connectivity index (χ2n) is 30.1. The van der Waals surface area contributed by atoms with E-state index in [9.17, 15) is 12.6 Å². The molecule has 4 aliphatic carbocycles. The Morgan fingerprint density at radius 2 is 0.553 bits per heavy atom. The van der Waals surface area contributed by atoms with Crippen LogP contribution in [0.5, 0.6) is 0 Å². The summed E-state index contributed by atoms with van der Waals surface area (Å²) in [6.07, 6.45) is 31.8. The van der Waals surface area contributed by atoms with Crippen LogP contribution in [0.3, 0.4) is 0 Å². The van der Waals surface area contributed by atoms with E-state index in [0.717, 1.165) is 55.3 Å². The van der Waals surface area contributed by atoms with Crippen LogP contribution in [0.15, 0.2) is 28.0 Å². The van der Waals surface area contributed by atoms with Gasteiger partial charge in [-0.2, -0.15) is 0 Å². The quantitative estimate of drug-likeness (QED) is 0.137. The Kier molecular flexibility index (Phi) is 62.7. The molecule has 16 heteroatoms. The summed E-state index contributed by atoms with van der Waals surface area (Å²) in [5, 5.41) is 0. The van der Waals surface area contributed by atoms with Crippen molar-refractivity contribution in [3.05, 3.63) is 29.7 Å². The molecule has 8 nitrogen and oxygen atoms in total. The second-order valence-corrected chi connectivity index (χ2v) is 41.7. The van der Waals surface area contributed by atoms with Crippen LogP contribution in [-0.4, -0.2) is 44.3 Å². The van der Waals surface area contributed by atoms with Crippen molar-refractivity contribution < 1.29 is 82.5 Å². The van der Waals surface area contributed by atoms with Crippen molar-refractivity contribution in [2.24, 2.45) is 57.6 Å². The van der Waals surface area contributed by atoms with Crippen molar-refractivity contribution in [1.82, 2.24) is 0 Å². The maximum Gasteiger partial charge on any atom is -0.0414 e. The van der Waals surface area contributed by atoms with Crippen LogP contribution in [0, 0.1) is 59.3 Å². The summed E-state index contributed by atoms with van der Waals surface area (Å²) in [4.78, 5) is 0. The van der Waals surface area contributed by atoms with Crippen LogP contribution in [0.2, 0.25) is 0 Å². The predicted molar refractivity (Wildman–Crippen MR) is 360 cm³/mol. The third kappa shape index (κ3) is 72.2. The molecule has 4 aliphatic rings. The Bertz CT molecular complexity index is 1750. The molecule has 0 unspecified atom stereocenters. The molecule has 0 radical (unpaired) electrons. The zero-order chi connectivity index (χ0) is 64.1. The molecule has 0 aliphatic heterocycles. The third-order valence-electron chi connectivity index (χ3n) is 14.4. The number of nitrogens with zero attached hydrogens (tertiary/aromatic N) is 8.